The molecule has 0 aliphatic heterocycles. The van der Waals surface area contributed by atoms with Crippen molar-refractivity contribution in [3.63, 3.8) is 0 Å². The number of ether oxygens (including phenoxy) is 1. The van der Waals surface area contributed by atoms with E-state index in [1.807, 2.05) is 0 Å². The van der Waals surface area contributed by atoms with Gasteiger partial charge in [0.2, 0.25) is 0 Å². The Bertz CT molecular complexity index is 306. The molecule has 1 aromatic heterocycles. The van der Waals surface area contributed by atoms with Crippen LogP contribution in [0, 0.1) is 0 Å². The third-order valence-corrected chi connectivity index (χ3v) is 1.73. The average Bonchev–Trinajstić information content (AvgIpc) is 2.18. The van der Waals surface area contributed by atoms with E-state index < -0.39 is 12.1 Å². The minimum atomic E-state index is -0.619. The highest BCUT2D eigenvalue weighted by molar-refractivity contribution is 5.88. The Hall–Kier alpha value is -1.42. The van der Waals surface area contributed by atoms with Crippen molar-refractivity contribution in [2.45, 2.75) is 20.0 Å². The predicted octanol–water partition coefficient (Wildman–Crippen LogP) is 1.31. The number of hydrogen-bond donors (Lipinski definition) is 1. The van der Waals surface area contributed by atoms with Gasteiger partial charge < -0.3 is 9.84 Å². The Balaban J connectivity index is 2.78. The summed E-state index contributed by atoms with van der Waals surface area (Å²) in [4.78, 5) is 15.1. The molecule has 76 valence electrons. The van der Waals surface area contributed by atoms with Gasteiger partial charge in [0, 0.05) is 6.20 Å². The molecule has 1 heterocycles. The number of carbonyl (C=O) groups is 1. The summed E-state index contributed by atoms with van der Waals surface area (Å²) in [6.07, 6.45) is 0.784. The van der Waals surface area contributed by atoms with Crippen LogP contribution in [0.15, 0.2) is 18.3 Å². The average molecular weight is 195 g/mol. The number of aliphatic hydroxyl groups is 1. The van der Waals surface area contributed by atoms with Crippen LogP contribution < -0.4 is 0 Å². The highest BCUT2D eigenvalue weighted by Crippen LogP contribution is 2.09. The Kier molecular flexibility index (Phi) is 3.59. The summed E-state index contributed by atoms with van der Waals surface area (Å²) in [7, 11) is 0. The SMILES string of the molecule is CCOC(=O)c1ccc(C(C)O)nc1. The van der Waals surface area contributed by atoms with Crippen LogP contribution in [0.5, 0.6) is 0 Å². The molecule has 1 atom stereocenters. The first-order chi connectivity index (χ1) is 6.65. The van der Waals surface area contributed by atoms with Gasteiger partial charge in [0.15, 0.2) is 0 Å². The normalized spacial score (nSPS) is 12.2. The Labute approximate surface area is 82.5 Å². The van der Waals surface area contributed by atoms with Crippen LogP contribution in [0.2, 0.25) is 0 Å². The molecule has 1 unspecified atom stereocenters. The lowest BCUT2D eigenvalue weighted by Gasteiger charge is -2.04. The first-order valence-electron chi connectivity index (χ1n) is 4.46. The molecule has 0 saturated carbocycles. The molecule has 0 spiro atoms. The maximum absolute atomic E-state index is 11.2. The van der Waals surface area contributed by atoms with Gasteiger partial charge in [-0.25, -0.2) is 4.79 Å². The molecule has 1 aromatic rings. The summed E-state index contributed by atoms with van der Waals surface area (Å²) in [5, 5.41) is 9.18. The Morgan fingerprint density at radius 3 is 2.79 bits per heavy atom. The van der Waals surface area contributed by atoms with E-state index in [1.165, 1.54) is 6.20 Å². The van der Waals surface area contributed by atoms with Gasteiger partial charge in [0.1, 0.15) is 0 Å². The number of rotatable bonds is 3. The fourth-order valence-electron chi connectivity index (χ4n) is 0.988. The van der Waals surface area contributed by atoms with Gasteiger partial charge in [-0.2, -0.15) is 0 Å². The first-order valence-corrected chi connectivity index (χ1v) is 4.46. The van der Waals surface area contributed by atoms with Crippen LogP contribution in [0.25, 0.3) is 0 Å². The van der Waals surface area contributed by atoms with Crippen molar-refractivity contribution in [1.82, 2.24) is 4.98 Å². The second kappa shape index (κ2) is 4.72. The zero-order valence-corrected chi connectivity index (χ0v) is 8.23. The molecule has 0 fully saturated rings. The van der Waals surface area contributed by atoms with Crippen LogP contribution in [0.3, 0.4) is 0 Å². The molecule has 0 aliphatic rings. The second-order valence-electron chi connectivity index (χ2n) is 2.87. The van der Waals surface area contributed by atoms with Crippen molar-refractivity contribution in [1.29, 1.82) is 0 Å². The number of pyridine rings is 1. The molecule has 1 rings (SSSR count). The summed E-state index contributed by atoms with van der Waals surface area (Å²) in [5.41, 5.74) is 0.939. The van der Waals surface area contributed by atoms with Gasteiger partial charge in [0.25, 0.3) is 0 Å². The minimum absolute atomic E-state index is 0.344. The number of nitrogens with zero attached hydrogens (tertiary/aromatic N) is 1. The molecule has 0 bridgehead atoms. The lowest BCUT2D eigenvalue weighted by Crippen LogP contribution is -2.06. The molecule has 0 saturated heterocycles. The number of aromatic nitrogens is 1. The third kappa shape index (κ3) is 2.53. The van der Waals surface area contributed by atoms with E-state index in [1.54, 1.807) is 26.0 Å². The molecule has 0 aromatic carbocycles. The van der Waals surface area contributed by atoms with Crippen molar-refractivity contribution in [3.8, 4) is 0 Å². The number of hydrogen-bond acceptors (Lipinski definition) is 4. The summed E-state index contributed by atoms with van der Waals surface area (Å²) < 4.78 is 4.79. The van der Waals surface area contributed by atoms with Gasteiger partial charge >= 0.3 is 5.97 Å². The van der Waals surface area contributed by atoms with E-state index in [2.05, 4.69) is 4.98 Å². The van der Waals surface area contributed by atoms with Gasteiger partial charge in [-0.15, -0.1) is 0 Å². The lowest BCUT2D eigenvalue weighted by atomic mass is 10.2. The van der Waals surface area contributed by atoms with E-state index >= 15 is 0 Å². The number of aliphatic hydroxyl groups excluding tert-OH is 1. The summed E-state index contributed by atoms with van der Waals surface area (Å²) in [6.45, 7) is 3.71. The number of esters is 1. The Morgan fingerprint density at radius 2 is 2.36 bits per heavy atom. The van der Waals surface area contributed by atoms with E-state index in [-0.39, 0.29) is 0 Å². The van der Waals surface area contributed by atoms with Crippen molar-refractivity contribution < 1.29 is 14.6 Å². The fraction of sp³-hybridized carbons (Fsp3) is 0.400. The zero-order chi connectivity index (χ0) is 10.6. The van der Waals surface area contributed by atoms with E-state index in [4.69, 9.17) is 4.74 Å². The van der Waals surface area contributed by atoms with Crippen LogP contribution in [0.1, 0.15) is 36.0 Å². The molecule has 0 aliphatic carbocycles. The second-order valence-corrected chi connectivity index (χ2v) is 2.87. The fourth-order valence-corrected chi connectivity index (χ4v) is 0.988. The van der Waals surface area contributed by atoms with Crippen molar-refractivity contribution >= 4 is 5.97 Å². The van der Waals surface area contributed by atoms with Gasteiger partial charge in [-0.3, -0.25) is 4.98 Å². The van der Waals surface area contributed by atoms with Crippen LogP contribution >= 0.6 is 0 Å². The van der Waals surface area contributed by atoms with Crippen LogP contribution in [-0.2, 0) is 4.74 Å². The van der Waals surface area contributed by atoms with E-state index in [0.717, 1.165) is 0 Å². The first kappa shape index (κ1) is 10.7. The van der Waals surface area contributed by atoms with Crippen molar-refractivity contribution in [2.75, 3.05) is 6.61 Å². The topological polar surface area (TPSA) is 59.4 Å². The molecule has 1 N–H and O–H groups in total. The molecule has 0 amide bonds. The standard InChI is InChI=1S/C10H13NO3/c1-3-14-10(13)8-4-5-9(7(2)12)11-6-8/h4-7,12H,3H2,1-2H3. The smallest absolute Gasteiger partial charge is 0.339 e. The molecule has 14 heavy (non-hydrogen) atoms. The third-order valence-electron chi connectivity index (χ3n) is 1.73. The van der Waals surface area contributed by atoms with Crippen molar-refractivity contribution in [2.24, 2.45) is 0 Å². The molecule has 4 nitrogen and oxygen atoms in total. The van der Waals surface area contributed by atoms with Crippen LogP contribution in [0.4, 0.5) is 0 Å². The predicted molar refractivity (Wildman–Crippen MR) is 50.8 cm³/mol. The minimum Gasteiger partial charge on any atom is -0.462 e. The van der Waals surface area contributed by atoms with Gasteiger partial charge in [-0.05, 0) is 26.0 Å². The van der Waals surface area contributed by atoms with E-state index in [0.29, 0.717) is 17.9 Å². The quantitative estimate of drug-likeness (QED) is 0.739. The zero-order valence-electron chi connectivity index (χ0n) is 8.23. The largest absolute Gasteiger partial charge is 0.462 e. The summed E-state index contributed by atoms with van der Waals surface area (Å²) in [6, 6.07) is 3.20. The maximum atomic E-state index is 11.2. The molecule has 0 radical (unpaired) electrons. The molecular formula is C10H13NO3. The van der Waals surface area contributed by atoms with Gasteiger partial charge in [0.05, 0.1) is 24.0 Å². The molecule has 4 heteroatoms. The van der Waals surface area contributed by atoms with Crippen LogP contribution in [-0.4, -0.2) is 22.7 Å². The Morgan fingerprint density at radius 1 is 1.64 bits per heavy atom. The summed E-state index contributed by atoms with van der Waals surface area (Å²) in [5.74, 6) is -0.392. The maximum Gasteiger partial charge on any atom is 0.339 e. The summed E-state index contributed by atoms with van der Waals surface area (Å²) >= 11 is 0. The number of carbonyl (C=O) groups excluding carboxylic acids is 1. The van der Waals surface area contributed by atoms with Gasteiger partial charge in [-0.1, -0.05) is 0 Å². The van der Waals surface area contributed by atoms with Crippen molar-refractivity contribution in [3.05, 3.63) is 29.6 Å². The lowest BCUT2D eigenvalue weighted by molar-refractivity contribution is 0.0525. The highest BCUT2D eigenvalue weighted by atomic mass is 16.5. The van der Waals surface area contributed by atoms with E-state index in [9.17, 15) is 9.90 Å². The highest BCUT2D eigenvalue weighted by Gasteiger charge is 2.08. The molecular weight excluding hydrogens is 182 g/mol. The monoisotopic (exact) mass is 195 g/mol.